The standard InChI is InChI=1S/C13H21N3O2S/c1-16-9-7-13(11-14,8-10-16)15-19(17,18)12-5-3-2-4-6-12/h2-6,15H,7-11,14H2,1H3. The molecular formula is C13H21N3O2S. The van der Waals surface area contributed by atoms with Crippen LogP contribution in [0.3, 0.4) is 0 Å². The highest BCUT2D eigenvalue weighted by atomic mass is 32.2. The summed E-state index contributed by atoms with van der Waals surface area (Å²) in [6.45, 7) is 2.04. The Morgan fingerprint density at radius 3 is 2.37 bits per heavy atom. The molecule has 0 spiro atoms. The lowest BCUT2D eigenvalue weighted by atomic mass is 9.89. The lowest BCUT2D eigenvalue weighted by Gasteiger charge is -2.40. The van der Waals surface area contributed by atoms with Crippen LogP contribution in [0.25, 0.3) is 0 Å². The molecule has 0 saturated carbocycles. The van der Waals surface area contributed by atoms with Crippen molar-refractivity contribution in [2.75, 3.05) is 26.7 Å². The maximum atomic E-state index is 12.4. The predicted octanol–water partition coefficient (Wildman–Crippen LogP) is 0.388. The molecule has 0 amide bonds. The van der Waals surface area contributed by atoms with Gasteiger partial charge in [-0.1, -0.05) is 18.2 Å². The quantitative estimate of drug-likeness (QED) is 0.838. The molecule has 3 N–H and O–H groups in total. The summed E-state index contributed by atoms with van der Waals surface area (Å²) in [4.78, 5) is 2.48. The fourth-order valence-corrected chi connectivity index (χ4v) is 3.83. The maximum absolute atomic E-state index is 12.4. The number of hydrogen-bond acceptors (Lipinski definition) is 4. The van der Waals surface area contributed by atoms with Crippen molar-refractivity contribution >= 4 is 10.0 Å². The number of rotatable bonds is 4. The average molecular weight is 283 g/mol. The topological polar surface area (TPSA) is 75.4 Å². The molecule has 1 aliphatic heterocycles. The first kappa shape index (κ1) is 14.5. The molecule has 1 aromatic carbocycles. The van der Waals surface area contributed by atoms with Crippen LogP contribution in [0.5, 0.6) is 0 Å². The van der Waals surface area contributed by atoms with Crippen molar-refractivity contribution in [1.29, 1.82) is 0 Å². The Hall–Kier alpha value is -0.950. The Kier molecular flexibility index (Phi) is 4.25. The van der Waals surface area contributed by atoms with Crippen LogP contribution in [-0.2, 0) is 10.0 Å². The fraction of sp³-hybridized carbons (Fsp3) is 0.538. The van der Waals surface area contributed by atoms with Gasteiger partial charge in [0.1, 0.15) is 0 Å². The molecule has 1 fully saturated rings. The van der Waals surface area contributed by atoms with Gasteiger partial charge in [-0.3, -0.25) is 0 Å². The van der Waals surface area contributed by atoms with E-state index < -0.39 is 15.6 Å². The molecule has 1 aliphatic rings. The lowest BCUT2D eigenvalue weighted by molar-refractivity contribution is 0.182. The van der Waals surface area contributed by atoms with Gasteiger partial charge in [0, 0.05) is 12.1 Å². The monoisotopic (exact) mass is 283 g/mol. The second kappa shape index (κ2) is 5.58. The molecule has 0 radical (unpaired) electrons. The van der Waals surface area contributed by atoms with Crippen LogP contribution in [0.2, 0.25) is 0 Å². The summed E-state index contributed by atoms with van der Waals surface area (Å²) in [7, 11) is -1.46. The Bertz CT molecular complexity index is 508. The first-order valence-electron chi connectivity index (χ1n) is 6.45. The zero-order valence-electron chi connectivity index (χ0n) is 11.2. The van der Waals surface area contributed by atoms with Crippen LogP contribution in [0.15, 0.2) is 35.2 Å². The van der Waals surface area contributed by atoms with Gasteiger partial charge in [0.05, 0.1) is 4.90 Å². The number of nitrogens with zero attached hydrogens (tertiary/aromatic N) is 1. The molecule has 0 unspecified atom stereocenters. The van der Waals surface area contributed by atoms with Crippen molar-refractivity contribution in [3.05, 3.63) is 30.3 Å². The molecular weight excluding hydrogens is 262 g/mol. The molecule has 1 aromatic rings. The van der Waals surface area contributed by atoms with Crippen molar-refractivity contribution in [1.82, 2.24) is 9.62 Å². The summed E-state index contributed by atoms with van der Waals surface area (Å²) in [5.41, 5.74) is 5.31. The molecule has 2 rings (SSSR count). The van der Waals surface area contributed by atoms with E-state index in [0.29, 0.717) is 11.4 Å². The second-order valence-corrected chi connectivity index (χ2v) is 6.89. The van der Waals surface area contributed by atoms with Gasteiger partial charge >= 0.3 is 0 Å². The van der Waals surface area contributed by atoms with Crippen molar-refractivity contribution < 1.29 is 8.42 Å². The van der Waals surface area contributed by atoms with Gasteiger partial charge in [-0.2, -0.15) is 0 Å². The highest BCUT2D eigenvalue weighted by Crippen LogP contribution is 2.23. The summed E-state index contributed by atoms with van der Waals surface area (Å²) < 4.78 is 27.5. The average Bonchev–Trinajstić information content (AvgIpc) is 2.42. The minimum absolute atomic E-state index is 0.293. The summed E-state index contributed by atoms with van der Waals surface area (Å²) in [6.07, 6.45) is 1.48. The third kappa shape index (κ3) is 3.33. The van der Waals surface area contributed by atoms with Crippen molar-refractivity contribution in [2.45, 2.75) is 23.3 Å². The molecule has 106 valence electrons. The summed E-state index contributed by atoms with van der Waals surface area (Å²) in [6, 6.07) is 8.44. The van der Waals surface area contributed by atoms with E-state index in [2.05, 4.69) is 9.62 Å². The minimum Gasteiger partial charge on any atom is -0.329 e. The van der Waals surface area contributed by atoms with Gasteiger partial charge in [0.2, 0.25) is 10.0 Å². The molecule has 0 aliphatic carbocycles. The Morgan fingerprint density at radius 2 is 1.84 bits per heavy atom. The number of sulfonamides is 1. The van der Waals surface area contributed by atoms with Crippen LogP contribution in [0, 0.1) is 0 Å². The highest BCUT2D eigenvalue weighted by molar-refractivity contribution is 7.89. The molecule has 1 saturated heterocycles. The van der Waals surface area contributed by atoms with Crippen molar-refractivity contribution in [3.8, 4) is 0 Å². The first-order chi connectivity index (χ1) is 8.97. The zero-order valence-corrected chi connectivity index (χ0v) is 12.0. The fourth-order valence-electron chi connectivity index (χ4n) is 2.34. The van der Waals surface area contributed by atoms with E-state index in [9.17, 15) is 8.42 Å². The number of nitrogens with one attached hydrogen (secondary N) is 1. The minimum atomic E-state index is -3.50. The van der Waals surface area contributed by atoms with Crippen LogP contribution in [0.4, 0.5) is 0 Å². The number of likely N-dealkylation sites (tertiary alicyclic amines) is 1. The van der Waals surface area contributed by atoms with E-state index in [1.807, 2.05) is 7.05 Å². The van der Waals surface area contributed by atoms with Gasteiger partial charge in [-0.25, -0.2) is 13.1 Å². The van der Waals surface area contributed by atoms with Gasteiger partial charge in [0.25, 0.3) is 0 Å². The van der Waals surface area contributed by atoms with Gasteiger partial charge in [-0.15, -0.1) is 0 Å². The SMILES string of the molecule is CN1CCC(CN)(NS(=O)(=O)c2ccccc2)CC1. The normalized spacial score (nSPS) is 20.3. The molecule has 6 heteroatoms. The third-order valence-electron chi connectivity index (χ3n) is 3.74. The number of benzene rings is 1. The predicted molar refractivity (Wildman–Crippen MR) is 75.3 cm³/mol. The Labute approximate surface area is 114 Å². The van der Waals surface area contributed by atoms with E-state index in [-0.39, 0.29) is 0 Å². The molecule has 0 aromatic heterocycles. The number of piperidine rings is 1. The molecule has 0 bridgehead atoms. The molecule has 5 nitrogen and oxygen atoms in total. The molecule has 19 heavy (non-hydrogen) atoms. The van der Waals surface area contributed by atoms with Crippen LogP contribution in [-0.4, -0.2) is 45.5 Å². The van der Waals surface area contributed by atoms with Crippen molar-refractivity contribution in [3.63, 3.8) is 0 Å². The second-order valence-electron chi connectivity index (χ2n) is 5.21. The molecule has 0 atom stereocenters. The van der Waals surface area contributed by atoms with Crippen molar-refractivity contribution in [2.24, 2.45) is 5.73 Å². The van der Waals surface area contributed by atoms with Crippen LogP contribution in [0.1, 0.15) is 12.8 Å². The lowest BCUT2D eigenvalue weighted by Crippen LogP contribution is -2.58. The van der Waals surface area contributed by atoms with E-state index in [4.69, 9.17) is 5.73 Å². The maximum Gasteiger partial charge on any atom is 0.241 e. The summed E-state index contributed by atoms with van der Waals surface area (Å²) in [5, 5.41) is 0. The third-order valence-corrected chi connectivity index (χ3v) is 5.33. The summed E-state index contributed by atoms with van der Waals surface area (Å²) >= 11 is 0. The summed E-state index contributed by atoms with van der Waals surface area (Å²) in [5.74, 6) is 0. The van der Waals surface area contributed by atoms with Gasteiger partial charge < -0.3 is 10.6 Å². The highest BCUT2D eigenvalue weighted by Gasteiger charge is 2.36. The van der Waals surface area contributed by atoms with Crippen LogP contribution < -0.4 is 10.5 Å². The Morgan fingerprint density at radius 1 is 1.26 bits per heavy atom. The smallest absolute Gasteiger partial charge is 0.241 e. The van der Waals surface area contributed by atoms with E-state index in [0.717, 1.165) is 25.9 Å². The first-order valence-corrected chi connectivity index (χ1v) is 7.93. The van der Waals surface area contributed by atoms with Gasteiger partial charge in [-0.05, 0) is 45.1 Å². The van der Waals surface area contributed by atoms with E-state index in [1.54, 1.807) is 30.3 Å². The van der Waals surface area contributed by atoms with Gasteiger partial charge in [0.15, 0.2) is 0 Å². The zero-order chi connectivity index (χ0) is 13.9. The Balaban J connectivity index is 2.19. The number of nitrogens with two attached hydrogens (primary N) is 1. The van der Waals surface area contributed by atoms with E-state index >= 15 is 0 Å². The largest absolute Gasteiger partial charge is 0.329 e. The van der Waals surface area contributed by atoms with Crippen LogP contribution >= 0.6 is 0 Å². The van der Waals surface area contributed by atoms with E-state index in [1.165, 1.54) is 0 Å². The molecule has 1 heterocycles. The number of hydrogen-bond donors (Lipinski definition) is 2.